The van der Waals surface area contributed by atoms with Gasteiger partial charge in [-0.15, -0.1) is 11.3 Å². The van der Waals surface area contributed by atoms with Gasteiger partial charge in [0, 0.05) is 23.5 Å². The third kappa shape index (κ3) is 2.35. The van der Waals surface area contributed by atoms with Crippen LogP contribution in [0.1, 0.15) is 24.1 Å². The van der Waals surface area contributed by atoms with Gasteiger partial charge in [-0.3, -0.25) is 4.90 Å². The van der Waals surface area contributed by atoms with Crippen LogP contribution < -0.4 is 5.73 Å². The van der Waals surface area contributed by atoms with E-state index in [-0.39, 0.29) is 0 Å². The maximum absolute atomic E-state index is 5.91. The maximum atomic E-state index is 5.91. The molecule has 1 heterocycles. The number of hydrogen-bond donors (Lipinski definition) is 1. The van der Waals surface area contributed by atoms with Crippen LogP contribution >= 0.6 is 11.3 Å². The summed E-state index contributed by atoms with van der Waals surface area (Å²) in [5.74, 6) is 0. The van der Waals surface area contributed by atoms with Crippen LogP contribution in [0.15, 0.2) is 17.5 Å². The van der Waals surface area contributed by atoms with E-state index in [1.54, 1.807) is 0 Å². The molecule has 14 heavy (non-hydrogen) atoms. The van der Waals surface area contributed by atoms with Crippen molar-refractivity contribution in [2.24, 2.45) is 5.73 Å². The molecule has 2 rings (SSSR count). The smallest absolute Gasteiger partial charge is 0.0327 e. The molecule has 0 spiro atoms. The van der Waals surface area contributed by atoms with Crippen molar-refractivity contribution in [3.05, 3.63) is 22.4 Å². The second-order valence-corrected chi connectivity index (χ2v) is 5.25. The van der Waals surface area contributed by atoms with Crippen LogP contribution in [0.25, 0.3) is 0 Å². The van der Waals surface area contributed by atoms with Gasteiger partial charge in [0.05, 0.1) is 0 Å². The normalized spacial score (nSPS) is 27.4. The Bertz CT molecular complexity index is 271. The third-order valence-corrected chi connectivity index (χ3v) is 3.92. The van der Waals surface area contributed by atoms with Gasteiger partial charge in [0.15, 0.2) is 0 Å². The van der Waals surface area contributed by atoms with Crippen LogP contribution in [0.5, 0.6) is 0 Å². The van der Waals surface area contributed by atoms with Crippen LogP contribution in [-0.2, 0) is 6.54 Å². The number of hydrogen-bond acceptors (Lipinski definition) is 3. The minimum Gasteiger partial charge on any atom is -0.328 e. The average Bonchev–Trinajstić information content (AvgIpc) is 2.75. The van der Waals surface area contributed by atoms with E-state index >= 15 is 0 Å². The minimum atomic E-state index is 0.436. The average molecular weight is 210 g/mol. The zero-order valence-electron chi connectivity index (χ0n) is 8.65. The molecule has 2 atom stereocenters. The summed E-state index contributed by atoms with van der Waals surface area (Å²) in [6.07, 6.45) is 3.63. The highest BCUT2D eigenvalue weighted by atomic mass is 32.1. The van der Waals surface area contributed by atoms with Crippen LogP contribution in [0, 0.1) is 0 Å². The Hall–Kier alpha value is -0.380. The molecule has 1 aliphatic carbocycles. The maximum Gasteiger partial charge on any atom is 0.0327 e. The molecule has 0 bridgehead atoms. The Labute approximate surface area is 89.7 Å². The molecule has 0 aromatic carbocycles. The van der Waals surface area contributed by atoms with Crippen LogP contribution in [-0.4, -0.2) is 24.0 Å². The summed E-state index contributed by atoms with van der Waals surface area (Å²) in [6.45, 7) is 1.08. The first-order valence-corrected chi connectivity index (χ1v) is 6.12. The molecule has 1 aliphatic rings. The number of nitrogens with two attached hydrogens (primary N) is 1. The van der Waals surface area contributed by atoms with E-state index in [4.69, 9.17) is 5.73 Å². The molecular formula is C11H18N2S. The molecule has 2 unspecified atom stereocenters. The lowest BCUT2D eigenvalue weighted by Crippen LogP contribution is -2.30. The second kappa shape index (κ2) is 4.43. The molecule has 3 heteroatoms. The van der Waals surface area contributed by atoms with Crippen LogP contribution in [0.3, 0.4) is 0 Å². The molecule has 0 saturated heterocycles. The van der Waals surface area contributed by atoms with Gasteiger partial charge in [-0.25, -0.2) is 0 Å². The minimum absolute atomic E-state index is 0.436. The van der Waals surface area contributed by atoms with E-state index in [1.165, 1.54) is 24.1 Å². The lowest BCUT2D eigenvalue weighted by Gasteiger charge is -2.23. The number of nitrogens with zero attached hydrogens (tertiary/aromatic N) is 1. The molecule has 0 aliphatic heterocycles. The van der Waals surface area contributed by atoms with E-state index in [1.807, 2.05) is 11.3 Å². The van der Waals surface area contributed by atoms with Crippen LogP contribution in [0.4, 0.5) is 0 Å². The first-order valence-electron chi connectivity index (χ1n) is 5.24. The Morgan fingerprint density at radius 2 is 2.43 bits per heavy atom. The molecule has 1 fully saturated rings. The predicted molar refractivity (Wildman–Crippen MR) is 61.4 cm³/mol. The highest BCUT2D eigenvalue weighted by Crippen LogP contribution is 2.23. The van der Waals surface area contributed by atoms with Crippen molar-refractivity contribution >= 4 is 11.3 Å². The highest BCUT2D eigenvalue weighted by molar-refractivity contribution is 7.09. The summed E-state index contributed by atoms with van der Waals surface area (Å²) in [6, 6.07) is 5.46. The van der Waals surface area contributed by atoms with Gasteiger partial charge in [0.1, 0.15) is 0 Å². The summed E-state index contributed by atoms with van der Waals surface area (Å²) in [7, 11) is 2.21. The van der Waals surface area contributed by atoms with Gasteiger partial charge in [-0.05, 0) is 37.8 Å². The van der Waals surface area contributed by atoms with Gasteiger partial charge >= 0.3 is 0 Å². The quantitative estimate of drug-likeness (QED) is 0.827. The summed E-state index contributed by atoms with van der Waals surface area (Å²) in [5, 5.41) is 2.14. The summed E-state index contributed by atoms with van der Waals surface area (Å²) < 4.78 is 0. The molecule has 1 aromatic heterocycles. The molecule has 1 aromatic rings. The van der Waals surface area contributed by atoms with Crippen molar-refractivity contribution in [2.45, 2.75) is 37.9 Å². The topological polar surface area (TPSA) is 29.3 Å². The SMILES string of the molecule is CN(Cc1cccs1)C1CCC(N)C1. The Morgan fingerprint density at radius 3 is 3.00 bits per heavy atom. The van der Waals surface area contributed by atoms with E-state index in [0.717, 1.165) is 6.54 Å². The van der Waals surface area contributed by atoms with Crippen LogP contribution in [0.2, 0.25) is 0 Å². The second-order valence-electron chi connectivity index (χ2n) is 4.22. The van der Waals surface area contributed by atoms with Gasteiger partial charge < -0.3 is 5.73 Å². The van der Waals surface area contributed by atoms with Crippen molar-refractivity contribution < 1.29 is 0 Å². The molecule has 1 saturated carbocycles. The van der Waals surface area contributed by atoms with Crippen molar-refractivity contribution in [1.82, 2.24) is 4.90 Å². The molecule has 2 N–H and O–H groups in total. The van der Waals surface area contributed by atoms with Gasteiger partial charge in [0.2, 0.25) is 0 Å². The number of thiophene rings is 1. The van der Waals surface area contributed by atoms with Crippen molar-refractivity contribution in [3.63, 3.8) is 0 Å². The fourth-order valence-electron chi connectivity index (χ4n) is 2.17. The fourth-order valence-corrected chi connectivity index (χ4v) is 2.94. The monoisotopic (exact) mass is 210 g/mol. The molecule has 2 nitrogen and oxygen atoms in total. The van der Waals surface area contributed by atoms with E-state index in [9.17, 15) is 0 Å². The van der Waals surface area contributed by atoms with Crippen molar-refractivity contribution in [2.75, 3.05) is 7.05 Å². The fraction of sp³-hybridized carbons (Fsp3) is 0.636. The third-order valence-electron chi connectivity index (χ3n) is 3.05. The molecule has 0 amide bonds. The zero-order chi connectivity index (χ0) is 9.97. The zero-order valence-corrected chi connectivity index (χ0v) is 9.46. The first-order chi connectivity index (χ1) is 6.75. The summed E-state index contributed by atoms with van der Waals surface area (Å²) >= 11 is 1.84. The lowest BCUT2D eigenvalue weighted by atomic mass is 10.2. The standard InChI is InChI=1S/C11H18N2S/c1-13(8-11-3-2-6-14-11)10-5-4-9(12)7-10/h2-3,6,9-10H,4-5,7-8,12H2,1H3. The van der Waals surface area contributed by atoms with Gasteiger partial charge in [0.25, 0.3) is 0 Å². The van der Waals surface area contributed by atoms with E-state index in [2.05, 4.69) is 29.5 Å². The van der Waals surface area contributed by atoms with E-state index < -0.39 is 0 Å². The largest absolute Gasteiger partial charge is 0.328 e. The van der Waals surface area contributed by atoms with E-state index in [0.29, 0.717) is 12.1 Å². The summed E-state index contributed by atoms with van der Waals surface area (Å²) in [4.78, 5) is 3.89. The predicted octanol–water partition coefficient (Wildman–Crippen LogP) is 2.06. The Morgan fingerprint density at radius 1 is 1.57 bits per heavy atom. The molecular weight excluding hydrogens is 192 g/mol. The number of rotatable bonds is 3. The summed E-state index contributed by atoms with van der Waals surface area (Å²) in [5.41, 5.74) is 5.91. The van der Waals surface area contributed by atoms with Crippen molar-refractivity contribution in [3.8, 4) is 0 Å². The highest BCUT2D eigenvalue weighted by Gasteiger charge is 2.24. The van der Waals surface area contributed by atoms with Crippen molar-refractivity contribution in [1.29, 1.82) is 0 Å². The molecule has 0 radical (unpaired) electrons. The Kier molecular flexibility index (Phi) is 3.21. The lowest BCUT2D eigenvalue weighted by molar-refractivity contribution is 0.237. The Balaban J connectivity index is 1.87. The first kappa shape index (κ1) is 10.1. The van der Waals surface area contributed by atoms with Gasteiger partial charge in [-0.1, -0.05) is 6.07 Å². The molecule has 78 valence electrons. The van der Waals surface area contributed by atoms with Gasteiger partial charge in [-0.2, -0.15) is 0 Å².